The van der Waals surface area contributed by atoms with Crippen molar-refractivity contribution in [3.05, 3.63) is 71.5 Å². The van der Waals surface area contributed by atoms with E-state index >= 15 is 0 Å². The van der Waals surface area contributed by atoms with E-state index in [1.165, 1.54) is 12.1 Å². The first-order valence-corrected chi connectivity index (χ1v) is 9.15. The fourth-order valence-electron chi connectivity index (χ4n) is 3.18. The van der Waals surface area contributed by atoms with Gasteiger partial charge in [0.1, 0.15) is 5.82 Å². The molecule has 1 aliphatic heterocycles. The van der Waals surface area contributed by atoms with Crippen LogP contribution in [-0.4, -0.2) is 53.8 Å². The minimum absolute atomic E-state index is 0.0312. The van der Waals surface area contributed by atoms with Crippen LogP contribution in [0.25, 0.3) is 0 Å². The lowest BCUT2D eigenvalue weighted by atomic mass is 10.1. The Labute approximate surface area is 158 Å². The third-order valence-corrected chi connectivity index (χ3v) is 4.93. The van der Waals surface area contributed by atoms with E-state index in [1.807, 2.05) is 42.2 Å². The van der Waals surface area contributed by atoms with Crippen LogP contribution in [0, 0.1) is 5.82 Å². The first-order valence-electron chi connectivity index (χ1n) is 9.15. The molecule has 1 N–H and O–H groups in total. The first-order chi connectivity index (χ1) is 13.0. The van der Waals surface area contributed by atoms with Crippen LogP contribution in [-0.2, 0) is 11.3 Å². The van der Waals surface area contributed by atoms with E-state index in [1.54, 1.807) is 12.1 Å². The Morgan fingerprint density at radius 1 is 1.00 bits per heavy atom. The SMILES string of the molecule is CC(C(=O)NCc1ccc(F)cc1)N1CCN(C(=O)c2ccccc2)CC1. The molecule has 1 heterocycles. The summed E-state index contributed by atoms with van der Waals surface area (Å²) >= 11 is 0. The van der Waals surface area contributed by atoms with Gasteiger partial charge in [0.25, 0.3) is 5.91 Å². The van der Waals surface area contributed by atoms with Crippen LogP contribution in [0.4, 0.5) is 4.39 Å². The summed E-state index contributed by atoms with van der Waals surface area (Å²) in [6.45, 7) is 4.75. The largest absolute Gasteiger partial charge is 0.351 e. The summed E-state index contributed by atoms with van der Waals surface area (Å²) in [4.78, 5) is 28.8. The molecule has 1 atom stereocenters. The van der Waals surface area contributed by atoms with Crippen molar-refractivity contribution in [1.82, 2.24) is 15.1 Å². The van der Waals surface area contributed by atoms with E-state index in [4.69, 9.17) is 0 Å². The number of carbonyl (C=O) groups is 2. The summed E-state index contributed by atoms with van der Waals surface area (Å²) in [6, 6.07) is 15.1. The first kappa shape index (κ1) is 19.0. The van der Waals surface area contributed by atoms with Crippen molar-refractivity contribution in [3.8, 4) is 0 Å². The maximum absolute atomic E-state index is 12.9. The van der Waals surface area contributed by atoms with Gasteiger partial charge in [-0.2, -0.15) is 0 Å². The third-order valence-electron chi connectivity index (χ3n) is 4.93. The molecule has 0 spiro atoms. The van der Waals surface area contributed by atoms with E-state index in [0.717, 1.165) is 5.56 Å². The maximum Gasteiger partial charge on any atom is 0.253 e. The van der Waals surface area contributed by atoms with Gasteiger partial charge in [-0.15, -0.1) is 0 Å². The van der Waals surface area contributed by atoms with E-state index in [2.05, 4.69) is 10.2 Å². The number of nitrogens with zero attached hydrogens (tertiary/aromatic N) is 2. The second-order valence-electron chi connectivity index (χ2n) is 6.71. The number of halogens is 1. The summed E-state index contributed by atoms with van der Waals surface area (Å²) in [6.07, 6.45) is 0. The number of hydrogen-bond acceptors (Lipinski definition) is 3. The van der Waals surface area contributed by atoms with Gasteiger partial charge in [-0.05, 0) is 36.8 Å². The monoisotopic (exact) mass is 369 g/mol. The van der Waals surface area contributed by atoms with Crippen LogP contribution >= 0.6 is 0 Å². The minimum atomic E-state index is -0.290. The second kappa shape index (κ2) is 8.77. The van der Waals surface area contributed by atoms with Gasteiger partial charge >= 0.3 is 0 Å². The molecule has 3 rings (SSSR count). The summed E-state index contributed by atoms with van der Waals surface area (Å²) in [5.41, 5.74) is 1.55. The number of piperazine rings is 1. The predicted octanol–water partition coefficient (Wildman–Crippen LogP) is 2.29. The maximum atomic E-state index is 12.9. The Hall–Kier alpha value is -2.73. The fourth-order valence-corrected chi connectivity index (χ4v) is 3.18. The summed E-state index contributed by atoms with van der Waals surface area (Å²) < 4.78 is 12.9. The van der Waals surface area contributed by atoms with Gasteiger partial charge in [-0.3, -0.25) is 14.5 Å². The Morgan fingerprint density at radius 3 is 2.26 bits per heavy atom. The molecule has 6 heteroatoms. The molecule has 142 valence electrons. The lowest BCUT2D eigenvalue weighted by molar-refractivity contribution is -0.126. The zero-order valence-corrected chi connectivity index (χ0v) is 15.4. The fraction of sp³-hybridized carbons (Fsp3) is 0.333. The van der Waals surface area contributed by atoms with Crippen molar-refractivity contribution < 1.29 is 14.0 Å². The molecule has 2 aromatic rings. The van der Waals surface area contributed by atoms with Gasteiger partial charge in [0.05, 0.1) is 6.04 Å². The van der Waals surface area contributed by atoms with Crippen molar-refractivity contribution in [2.45, 2.75) is 19.5 Å². The molecule has 0 bridgehead atoms. The molecule has 1 fully saturated rings. The molecule has 0 aliphatic carbocycles. The molecular weight excluding hydrogens is 345 g/mol. The van der Waals surface area contributed by atoms with Gasteiger partial charge in [0.2, 0.25) is 5.91 Å². The molecule has 0 radical (unpaired) electrons. The molecule has 2 aromatic carbocycles. The third kappa shape index (κ3) is 4.92. The molecule has 2 amide bonds. The topological polar surface area (TPSA) is 52.7 Å². The standard InChI is InChI=1S/C21H24FN3O2/c1-16(20(26)23-15-17-7-9-19(22)10-8-17)24-11-13-25(14-12-24)21(27)18-5-3-2-4-6-18/h2-10,16H,11-15H2,1H3,(H,23,26). The van der Waals surface area contributed by atoms with Crippen LogP contribution in [0.15, 0.2) is 54.6 Å². The molecular formula is C21H24FN3O2. The van der Waals surface area contributed by atoms with E-state index < -0.39 is 0 Å². The number of nitrogens with one attached hydrogen (secondary N) is 1. The lowest BCUT2D eigenvalue weighted by Crippen LogP contribution is -2.54. The quantitative estimate of drug-likeness (QED) is 0.880. The molecule has 1 saturated heterocycles. The highest BCUT2D eigenvalue weighted by Gasteiger charge is 2.27. The van der Waals surface area contributed by atoms with Gasteiger partial charge in [-0.25, -0.2) is 4.39 Å². The summed E-state index contributed by atoms with van der Waals surface area (Å²) in [7, 11) is 0. The van der Waals surface area contributed by atoms with Crippen LogP contribution in [0.3, 0.4) is 0 Å². The zero-order valence-electron chi connectivity index (χ0n) is 15.4. The lowest BCUT2D eigenvalue weighted by Gasteiger charge is -2.37. The Balaban J connectivity index is 1.47. The Kier molecular flexibility index (Phi) is 6.19. The Bertz CT molecular complexity index is 772. The average Bonchev–Trinajstić information content (AvgIpc) is 2.73. The zero-order chi connectivity index (χ0) is 19.2. The number of amides is 2. The van der Waals surface area contributed by atoms with Crippen LogP contribution in [0.2, 0.25) is 0 Å². The van der Waals surface area contributed by atoms with Crippen molar-refractivity contribution in [2.24, 2.45) is 0 Å². The smallest absolute Gasteiger partial charge is 0.253 e. The van der Waals surface area contributed by atoms with Crippen molar-refractivity contribution >= 4 is 11.8 Å². The van der Waals surface area contributed by atoms with Crippen LogP contribution in [0.1, 0.15) is 22.8 Å². The van der Waals surface area contributed by atoms with E-state index in [9.17, 15) is 14.0 Å². The number of carbonyl (C=O) groups excluding carboxylic acids is 2. The molecule has 1 aliphatic rings. The van der Waals surface area contributed by atoms with E-state index in [0.29, 0.717) is 38.3 Å². The molecule has 1 unspecified atom stereocenters. The predicted molar refractivity (Wildman–Crippen MR) is 102 cm³/mol. The summed E-state index contributed by atoms with van der Waals surface area (Å²) in [5.74, 6) is -0.327. The highest BCUT2D eigenvalue weighted by Crippen LogP contribution is 2.11. The van der Waals surface area contributed by atoms with Gasteiger partial charge in [0.15, 0.2) is 0 Å². The Morgan fingerprint density at radius 2 is 1.63 bits per heavy atom. The van der Waals surface area contributed by atoms with Crippen molar-refractivity contribution in [1.29, 1.82) is 0 Å². The summed E-state index contributed by atoms with van der Waals surface area (Å²) in [5, 5.41) is 2.89. The van der Waals surface area contributed by atoms with Gasteiger partial charge in [0, 0.05) is 38.3 Å². The van der Waals surface area contributed by atoms with Gasteiger partial charge in [-0.1, -0.05) is 30.3 Å². The van der Waals surface area contributed by atoms with Crippen molar-refractivity contribution in [2.75, 3.05) is 26.2 Å². The number of benzene rings is 2. The number of rotatable bonds is 5. The minimum Gasteiger partial charge on any atom is -0.351 e. The molecule has 0 saturated carbocycles. The molecule has 0 aromatic heterocycles. The number of hydrogen-bond donors (Lipinski definition) is 1. The van der Waals surface area contributed by atoms with Crippen LogP contribution in [0.5, 0.6) is 0 Å². The highest BCUT2D eigenvalue weighted by molar-refractivity contribution is 5.94. The highest BCUT2D eigenvalue weighted by atomic mass is 19.1. The van der Waals surface area contributed by atoms with E-state index in [-0.39, 0.29) is 23.7 Å². The van der Waals surface area contributed by atoms with Crippen molar-refractivity contribution in [3.63, 3.8) is 0 Å². The molecule has 5 nitrogen and oxygen atoms in total. The normalized spacial score (nSPS) is 16.0. The molecule has 27 heavy (non-hydrogen) atoms. The second-order valence-corrected chi connectivity index (χ2v) is 6.71. The average molecular weight is 369 g/mol. The van der Waals surface area contributed by atoms with Crippen LogP contribution < -0.4 is 5.32 Å². The van der Waals surface area contributed by atoms with Gasteiger partial charge < -0.3 is 10.2 Å².